The first-order valence-electron chi connectivity index (χ1n) is 8.41. The number of nitrogens with one attached hydrogen (secondary N) is 2. The molecule has 0 bridgehead atoms. The van der Waals surface area contributed by atoms with Gasteiger partial charge in [-0.1, -0.05) is 17.4 Å². The van der Waals surface area contributed by atoms with Crippen LogP contribution < -0.4 is 16.4 Å². The summed E-state index contributed by atoms with van der Waals surface area (Å²) in [5.74, 6) is -0.116. The number of carbonyl (C=O) groups is 1. The van der Waals surface area contributed by atoms with E-state index >= 15 is 0 Å². The summed E-state index contributed by atoms with van der Waals surface area (Å²) in [7, 11) is 3.75. The Hall–Kier alpha value is -2.44. The van der Waals surface area contributed by atoms with Gasteiger partial charge in [-0.05, 0) is 82.2 Å². The van der Waals surface area contributed by atoms with Crippen LogP contribution in [0.3, 0.4) is 0 Å². The molecule has 0 aliphatic rings. The minimum atomic E-state index is -0.116. The molecule has 0 spiro atoms. The number of thiazole rings is 1. The highest BCUT2D eigenvalue weighted by molar-refractivity contribution is 7.22. The molecule has 6 heteroatoms. The van der Waals surface area contributed by atoms with Gasteiger partial charge in [0.25, 0.3) is 5.91 Å². The normalized spacial score (nSPS) is 10.4. The third kappa shape index (κ3) is 4.20. The zero-order chi connectivity index (χ0) is 19.4. The number of fused-ring (bicyclic) bond motifs is 1. The third-order valence-electron chi connectivity index (χ3n) is 4.27. The van der Waals surface area contributed by atoms with Gasteiger partial charge in [0.1, 0.15) is 0 Å². The van der Waals surface area contributed by atoms with Crippen molar-refractivity contribution in [1.82, 2.24) is 10.3 Å². The van der Waals surface area contributed by atoms with Crippen molar-refractivity contribution in [2.75, 3.05) is 25.1 Å². The first kappa shape index (κ1) is 19.9. The van der Waals surface area contributed by atoms with Crippen molar-refractivity contribution in [3.63, 3.8) is 0 Å². The quantitative estimate of drug-likeness (QED) is 0.631. The number of nitrogens with two attached hydrogens (primary N) is 1. The number of aromatic nitrogens is 1. The molecule has 3 aromatic rings. The molecule has 0 saturated heterocycles. The minimum absolute atomic E-state index is 0.116. The Morgan fingerprint density at radius 2 is 1.62 bits per heavy atom. The van der Waals surface area contributed by atoms with E-state index in [9.17, 15) is 4.79 Å². The van der Waals surface area contributed by atoms with Crippen LogP contribution in [0.1, 0.15) is 32.6 Å². The SMILES string of the molecule is CNC.Cc1cc(C)c(C)c(NC(=O)c2ccc3nc(N)sc3c2)c1C. The molecule has 0 aliphatic heterocycles. The number of nitrogen functional groups attached to an aromatic ring is 1. The lowest BCUT2D eigenvalue weighted by Crippen LogP contribution is -2.14. The van der Waals surface area contributed by atoms with Gasteiger partial charge in [-0.2, -0.15) is 0 Å². The van der Waals surface area contributed by atoms with Crippen molar-refractivity contribution in [1.29, 1.82) is 0 Å². The lowest BCUT2D eigenvalue weighted by molar-refractivity contribution is 0.102. The van der Waals surface area contributed by atoms with Crippen molar-refractivity contribution >= 4 is 38.3 Å². The summed E-state index contributed by atoms with van der Waals surface area (Å²) in [6, 6.07) is 7.60. The van der Waals surface area contributed by atoms with Gasteiger partial charge in [0.2, 0.25) is 0 Å². The first-order chi connectivity index (χ1) is 12.3. The molecule has 0 aliphatic carbocycles. The Labute approximate surface area is 158 Å². The molecule has 0 fully saturated rings. The van der Waals surface area contributed by atoms with Crippen LogP contribution in [0.15, 0.2) is 24.3 Å². The Balaban J connectivity index is 0.000000758. The van der Waals surface area contributed by atoms with E-state index in [4.69, 9.17) is 5.73 Å². The molecule has 0 unspecified atom stereocenters. The number of nitrogens with zero attached hydrogens (tertiary/aromatic N) is 1. The molecule has 3 rings (SSSR count). The molecule has 5 nitrogen and oxygen atoms in total. The van der Waals surface area contributed by atoms with Gasteiger partial charge < -0.3 is 16.4 Å². The average molecular weight is 371 g/mol. The zero-order valence-corrected chi connectivity index (χ0v) is 17.0. The predicted molar refractivity (Wildman–Crippen MR) is 112 cm³/mol. The van der Waals surface area contributed by atoms with Crippen molar-refractivity contribution < 1.29 is 4.79 Å². The van der Waals surface area contributed by atoms with Crippen LogP contribution in [0.2, 0.25) is 0 Å². The van der Waals surface area contributed by atoms with E-state index in [0.717, 1.165) is 27.0 Å². The molecule has 0 saturated carbocycles. The summed E-state index contributed by atoms with van der Waals surface area (Å²) < 4.78 is 0.920. The second-order valence-electron chi connectivity index (χ2n) is 6.32. The summed E-state index contributed by atoms with van der Waals surface area (Å²) in [6.45, 7) is 8.18. The molecular weight excluding hydrogens is 344 g/mol. The molecule has 0 radical (unpaired) electrons. The van der Waals surface area contributed by atoms with Crippen LogP contribution in [-0.2, 0) is 0 Å². The summed E-state index contributed by atoms with van der Waals surface area (Å²) >= 11 is 1.39. The summed E-state index contributed by atoms with van der Waals surface area (Å²) in [5, 5.41) is 6.32. The van der Waals surface area contributed by atoms with E-state index in [0.29, 0.717) is 10.7 Å². The second kappa shape index (κ2) is 8.29. The fraction of sp³-hybridized carbons (Fsp3) is 0.300. The number of benzene rings is 2. The Bertz CT molecular complexity index is 920. The molecule has 2 aromatic carbocycles. The van der Waals surface area contributed by atoms with Gasteiger partial charge in [0, 0.05) is 11.3 Å². The smallest absolute Gasteiger partial charge is 0.255 e. The number of anilines is 2. The molecule has 0 atom stereocenters. The zero-order valence-electron chi connectivity index (χ0n) is 16.2. The molecule has 1 amide bonds. The number of rotatable bonds is 2. The van der Waals surface area contributed by atoms with Crippen LogP contribution in [-0.4, -0.2) is 25.0 Å². The van der Waals surface area contributed by atoms with E-state index in [1.54, 1.807) is 6.07 Å². The number of amides is 1. The summed E-state index contributed by atoms with van der Waals surface area (Å²) in [5.41, 5.74) is 12.6. The van der Waals surface area contributed by atoms with Crippen LogP contribution in [0, 0.1) is 27.7 Å². The van der Waals surface area contributed by atoms with Crippen LogP contribution >= 0.6 is 11.3 Å². The predicted octanol–water partition coefficient (Wildman–Crippen LogP) is 4.20. The van der Waals surface area contributed by atoms with Crippen molar-refractivity contribution in [2.45, 2.75) is 27.7 Å². The molecule has 4 N–H and O–H groups in total. The third-order valence-corrected chi connectivity index (χ3v) is 5.12. The summed E-state index contributed by atoms with van der Waals surface area (Å²) in [6.07, 6.45) is 0. The molecule has 26 heavy (non-hydrogen) atoms. The van der Waals surface area contributed by atoms with E-state index in [1.165, 1.54) is 22.5 Å². The number of carbonyl (C=O) groups excluding carboxylic acids is 1. The van der Waals surface area contributed by atoms with E-state index in [-0.39, 0.29) is 5.91 Å². The maximum atomic E-state index is 12.6. The molecule has 1 heterocycles. The highest BCUT2D eigenvalue weighted by Crippen LogP contribution is 2.28. The lowest BCUT2D eigenvalue weighted by Gasteiger charge is -2.16. The van der Waals surface area contributed by atoms with Crippen LogP contribution in [0.25, 0.3) is 10.2 Å². The van der Waals surface area contributed by atoms with Gasteiger partial charge in [-0.3, -0.25) is 4.79 Å². The minimum Gasteiger partial charge on any atom is -0.375 e. The van der Waals surface area contributed by atoms with Gasteiger partial charge in [-0.15, -0.1) is 0 Å². The number of aryl methyl sites for hydroxylation is 2. The fourth-order valence-corrected chi connectivity index (χ4v) is 3.45. The highest BCUT2D eigenvalue weighted by atomic mass is 32.1. The highest BCUT2D eigenvalue weighted by Gasteiger charge is 2.14. The van der Waals surface area contributed by atoms with Crippen molar-refractivity contribution in [3.8, 4) is 0 Å². The van der Waals surface area contributed by atoms with E-state index < -0.39 is 0 Å². The Morgan fingerprint density at radius 3 is 2.19 bits per heavy atom. The van der Waals surface area contributed by atoms with Crippen LogP contribution in [0.5, 0.6) is 0 Å². The monoisotopic (exact) mass is 370 g/mol. The Morgan fingerprint density at radius 1 is 1.04 bits per heavy atom. The van der Waals surface area contributed by atoms with Crippen molar-refractivity contribution in [2.24, 2.45) is 0 Å². The molecular formula is C20H26N4OS. The molecule has 138 valence electrons. The topological polar surface area (TPSA) is 80.0 Å². The fourth-order valence-electron chi connectivity index (χ4n) is 2.67. The Kier molecular flexibility index (Phi) is 6.34. The van der Waals surface area contributed by atoms with Crippen LogP contribution in [0.4, 0.5) is 10.8 Å². The van der Waals surface area contributed by atoms with Gasteiger partial charge in [-0.25, -0.2) is 4.98 Å². The van der Waals surface area contributed by atoms with Gasteiger partial charge in [0.15, 0.2) is 5.13 Å². The maximum Gasteiger partial charge on any atom is 0.255 e. The largest absolute Gasteiger partial charge is 0.375 e. The second-order valence-corrected chi connectivity index (χ2v) is 7.39. The van der Waals surface area contributed by atoms with E-state index in [1.807, 2.05) is 40.1 Å². The van der Waals surface area contributed by atoms with Crippen molar-refractivity contribution in [3.05, 3.63) is 52.1 Å². The summed E-state index contributed by atoms with van der Waals surface area (Å²) in [4.78, 5) is 16.8. The van der Waals surface area contributed by atoms with Gasteiger partial charge in [0.05, 0.1) is 10.2 Å². The lowest BCUT2D eigenvalue weighted by atomic mass is 9.98. The number of hydrogen-bond acceptors (Lipinski definition) is 5. The molecule has 1 aromatic heterocycles. The van der Waals surface area contributed by atoms with Gasteiger partial charge >= 0.3 is 0 Å². The first-order valence-corrected chi connectivity index (χ1v) is 9.23. The number of hydrogen-bond donors (Lipinski definition) is 3. The maximum absolute atomic E-state index is 12.6. The average Bonchev–Trinajstić information content (AvgIpc) is 2.96. The van der Waals surface area contributed by atoms with E-state index in [2.05, 4.69) is 35.5 Å². The standard InChI is InChI=1S/C18H19N3OS.C2H7N/c1-9-7-10(2)12(4)16(11(9)3)21-17(22)13-5-6-14-15(8-13)23-18(19)20-14;1-3-2/h5-8H,1-4H3,(H2,19,20)(H,21,22);3H,1-2H3.